The van der Waals surface area contributed by atoms with E-state index in [1.165, 1.54) is 5.56 Å². The maximum absolute atomic E-state index is 8.68. The Bertz CT molecular complexity index is 421. The first kappa shape index (κ1) is 15.3. The molecule has 0 aliphatic rings. The van der Waals surface area contributed by atoms with Gasteiger partial charge in [-0.2, -0.15) is 0 Å². The fraction of sp³-hybridized carbons (Fsp3) is 0.500. The Morgan fingerprint density at radius 2 is 2.26 bits per heavy atom. The van der Waals surface area contributed by atoms with Crippen LogP contribution < -0.4 is 10.5 Å². The summed E-state index contributed by atoms with van der Waals surface area (Å²) in [4.78, 5) is 2.25. The number of methoxy groups -OCH3 is 1. The molecule has 0 aromatic heterocycles. The van der Waals surface area contributed by atoms with Gasteiger partial charge in [0.2, 0.25) is 0 Å². The predicted molar refractivity (Wildman–Crippen MR) is 76.5 cm³/mol. The van der Waals surface area contributed by atoms with Crippen molar-refractivity contribution in [3.05, 3.63) is 29.8 Å². The standard InChI is InChI=1S/C14H23N3O2/c1-4-17(9-11(2)14(15)16-18)10-12-6-5-7-13(8-12)19-3/h5-8,11,18H,4,9-10H2,1-3H3,(H2,15,16). The van der Waals surface area contributed by atoms with E-state index in [4.69, 9.17) is 15.7 Å². The summed E-state index contributed by atoms with van der Waals surface area (Å²) in [5.41, 5.74) is 6.80. The largest absolute Gasteiger partial charge is 0.497 e. The lowest BCUT2D eigenvalue weighted by Gasteiger charge is -2.23. The quantitative estimate of drug-likeness (QED) is 0.342. The highest BCUT2D eigenvalue weighted by atomic mass is 16.5. The van der Waals surface area contributed by atoms with Gasteiger partial charge in [0.15, 0.2) is 0 Å². The van der Waals surface area contributed by atoms with Gasteiger partial charge in [-0.05, 0) is 24.2 Å². The van der Waals surface area contributed by atoms with Crippen molar-refractivity contribution in [1.29, 1.82) is 0 Å². The van der Waals surface area contributed by atoms with Crippen LogP contribution in [0.25, 0.3) is 0 Å². The van der Waals surface area contributed by atoms with Crippen molar-refractivity contribution in [3.63, 3.8) is 0 Å². The summed E-state index contributed by atoms with van der Waals surface area (Å²) < 4.78 is 5.22. The van der Waals surface area contributed by atoms with Crippen LogP contribution in [0.5, 0.6) is 5.75 Å². The molecule has 1 rings (SSSR count). The molecule has 1 aromatic rings. The highest BCUT2D eigenvalue weighted by Crippen LogP contribution is 2.15. The van der Waals surface area contributed by atoms with Crippen molar-refractivity contribution < 1.29 is 9.94 Å². The maximum atomic E-state index is 8.68. The van der Waals surface area contributed by atoms with Crippen molar-refractivity contribution >= 4 is 5.84 Å². The molecule has 0 saturated carbocycles. The number of oxime groups is 1. The molecule has 0 amide bonds. The molecular weight excluding hydrogens is 242 g/mol. The average Bonchev–Trinajstić information content (AvgIpc) is 2.45. The highest BCUT2D eigenvalue weighted by Gasteiger charge is 2.13. The van der Waals surface area contributed by atoms with Crippen LogP contribution in [0.15, 0.2) is 29.4 Å². The van der Waals surface area contributed by atoms with E-state index in [1.807, 2.05) is 25.1 Å². The molecule has 5 nitrogen and oxygen atoms in total. The number of nitrogens with two attached hydrogens (primary N) is 1. The second-order valence-corrected chi connectivity index (χ2v) is 4.61. The molecule has 0 fully saturated rings. The Balaban J connectivity index is 2.65. The number of nitrogens with zero attached hydrogens (tertiary/aromatic N) is 2. The van der Waals surface area contributed by atoms with Crippen LogP contribution >= 0.6 is 0 Å². The van der Waals surface area contributed by atoms with E-state index >= 15 is 0 Å². The van der Waals surface area contributed by atoms with Gasteiger partial charge in [-0.1, -0.05) is 31.1 Å². The summed E-state index contributed by atoms with van der Waals surface area (Å²) in [5, 5.41) is 11.7. The van der Waals surface area contributed by atoms with E-state index in [9.17, 15) is 0 Å². The lowest BCUT2D eigenvalue weighted by molar-refractivity contribution is 0.257. The fourth-order valence-corrected chi connectivity index (χ4v) is 1.91. The number of benzene rings is 1. The molecule has 0 bridgehead atoms. The van der Waals surface area contributed by atoms with Crippen molar-refractivity contribution in [3.8, 4) is 5.75 Å². The monoisotopic (exact) mass is 265 g/mol. The molecule has 0 spiro atoms. The van der Waals surface area contributed by atoms with Gasteiger partial charge in [-0.3, -0.25) is 4.90 Å². The Labute approximate surface area is 114 Å². The van der Waals surface area contributed by atoms with E-state index in [1.54, 1.807) is 7.11 Å². The van der Waals surface area contributed by atoms with E-state index in [2.05, 4.69) is 23.0 Å². The summed E-state index contributed by atoms with van der Waals surface area (Å²) in [6.45, 7) is 6.52. The van der Waals surface area contributed by atoms with Crippen LogP contribution in [-0.4, -0.2) is 36.1 Å². The summed E-state index contributed by atoms with van der Waals surface area (Å²) in [7, 11) is 1.66. The van der Waals surface area contributed by atoms with Crippen molar-refractivity contribution in [2.45, 2.75) is 20.4 Å². The van der Waals surface area contributed by atoms with Gasteiger partial charge in [-0.25, -0.2) is 0 Å². The minimum atomic E-state index is 0.0237. The molecule has 19 heavy (non-hydrogen) atoms. The van der Waals surface area contributed by atoms with E-state index in [-0.39, 0.29) is 11.8 Å². The predicted octanol–water partition coefficient (Wildman–Crippen LogP) is 1.90. The van der Waals surface area contributed by atoms with E-state index < -0.39 is 0 Å². The van der Waals surface area contributed by atoms with Crippen molar-refractivity contribution in [2.24, 2.45) is 16.8 Å². The topological polar surface area (TPSA) is 71.1 Å². The zero-order valence-corrected chi connectivity index (χ0v) is 11.8. The van der Waals surface area contributed by atoms with Crippen LogP contribution in [0.3, 0.4) is 0 Å². The number of hydrogen-bond donors (Lipinski definition) is 2. The van der Waals surface area contributed by atoms with Gasteiger partial charge in [0.25, 0.3) is 0 Å². The molecule has 0 heterocycles. The zero-order chi connectivity index (χ0) is 14.3. The van der Waals surface area contributed by atoms with Gasteiger partial charge in [0.05, 0.1) is 7.11 Å². The average molecular weight is 265 g/mol. The Kier molecular flexibility index (Phi) is 6.15. The second kappa shape index (κ2) is 7.63. The third-order valence-corrected chi connectivity index (χ3v) is 3.14. The number of ether oxygens (including phenoxy) is 1. The molecule has 0 aliphatic heterocycles. The third kappa shape index (κ3) is 4.79. The first-order valence-electron chi connectivity index (χ1n) is 6.43. The van der Waals surface area contributed by atoms with Gasteiger partial charge in [-0.15, -0.1) is 0 Å². The molecule has 0 radical (unpaired) electrons. The summed E-state index contributed by atoms with van der Waals surface area (Å²) in [6.07, 6.45) is 0. The lowest BCUT2D eigenvalue weighted by Crippen LogP contribution is -2.34. The SMILES string of the molecule is CCN(Cc1cccc(OC)c1)CC(C)/C(N)=N/O. The molecule has 1 aromatic carbocycles. The van der Waals surface area contributed by atoms with Crippen molar-refractivity contribution in [2.75, 3.05) is 20.2 Å². The Morgan fingerprint density at radius 1 is 1.53 bits per heavy atom. The molecular formula is C14H23N3O2. The van der Waals surface area contributed by atoms with E-state index in [0.717, 1.165) is 25.4 Å². The Morgan fingerprint density at radius 3 is 2.84 bits per heavy atom. The smallest absolute Gasteiger partial charge is 0.143 e. The zero-order valence-electron chi connectivity index (χ0n) is 11.8. The van der Waals surface area contributed by atoms with Crippen LogP contribution in [0.4, 0.5) is 0 Å². The summed E-state index contributed by atoms with van der Waals surface area (Å²) >= 11 is 0. The van der Waals surface area contributed by atoms with Gasteiger partial charge >= 0.3 is 0 Å². The molecule has 0 saturated heterocycles. The van der Waals surface area contributed by atoms with Gasteiger partial charge < -0.3 is 15.7 Å². The van der Waals surface area contributed by atoms with Crippen LogP contribution in [0.1, 0.15) is 19.4 Å². The number of amidine groups is 1. The van der Waals surface area contributed by atoms with E-state index in [0.29, 0.717) is 0 Å². The number of hydrogen-bond acceptors (Lipinski definition) is 4. The molecule has 5 heteroatoms. The molecule has 0 aliphatic carbocycles. The second-order valence-electron chi connectivity index (χ2n) is 4.61. The minimum absolute atomic E-state index is 0.0237. The molecule has 3 N–H and O–H groups in total. The van der Waals surface area contributed by atoms with Crippen LogP contribution in [0, 0.1) is 5.92 Å². The normalized spacial score (nSPS) is 13.6. The van der Waals surface area contributed by atoms with Gasteiger partial charge in [0, 0.05) is 19.0 Å². The maximum Gasteiger partial charge on any atom is 0.143 e. The van der Waals surface area contributed by atoms with Crippen LogP contribution in [0.2, 0.25) is 0 Å². The molecule has 106 valence electrons. The first-order valence-corrected chi connectivity index (χ1v) is 6.43. The summed E-state index contributed by atoms with van der Waals surface area (Å²) in [6, 6.07) is 8.00. The van der Waals surface area contributed by atoms with Crippen molar-refractivity contribution in [1.82, 2.24) is 4.90 Å². The molecule has 1 unspecified atom stereocenters. The first-order chi connectivity index (χ1) is 9.10. The minimum Gasteiger partial charge on any atom is -0.497 e. The number of rotatable bonds is 7. The Hall–Kier alpha value is -1.75. The fourth-order valence-electron chi connectivity index (χ4n) is 1.91. The van der Waals surface area contributed by atoms with Gasteiger partial charge in [0.1, 0.15) is 11.6 Å². The highest BCUT2D eigenvalue weighted by molar-refractivity contribution is 5.82. The summed E-state index contributed by atoms with van der Waals surface area (Å²) in [5.74, 6) is 1.15. The molecule has 1 atom stereocenters. The third-order valence-electron chi connectivity index (χ3n) is 3.14. The lowest BCUT2D eigenvalue weighted by atomic mass is 10.1. The van der Waals surface area contributed by atoms with Crippen LogP contribution in [-0.2, 0) is 6.54 Å².